The van der Waals surface area contributed by atoms with Gasteiger partial charge in [-0.15, -0.1) is 0 Å². The predicted molar refractivity (Wildman–Crippen MR) is 169 cm³/mol. The first-order chi connectivity index (χ1) is 16.7. The molecule has 1 rings (SSSR count). The lowest BCUT2D eigenvalue weighted by Crippen LogP contribution is -2.44. The Bertz CT molecular complexity index is 471. The first-order valence-electron chi connectivity index (χ1n) is 15.3. The minimum absolute atomic E-state index is 0.331. The van der Waals surface area contributed by atoms with Gasteiger partial charge in [0.1, 0.15) is 0 Å². The summed E-state index contributed by atoms with van der Waals surface area (Å²) in [4.78, 5) is 5.02. The highest BCUT2D eigenvalue weighted by Crippen LogP contribution is 2.22. The van der Waals surface area contributed by atoms with Crippen LogP contribution in [0.1, 0.15) is 141 Å². The van der Waals surface area contributed by atoms with E-state index in [1.54, 1.807) is 0 Å². The molecule has 2 N–H and O–H groups in total. The van der Waals surface area contributed by atoms with E-state index < -0.39 is 0 Å². The molecule has 1 aliphatic heterocycles. The van der Waals surface area contributed by atoms with Crippen LogP contribution in [0.2, 0.25) is 0 Å². The van der Waals surface area contributed by atoms with E-state index in [0.717, 1.165) is 25.7 Å². The van der Waals surface area contributed by atoms with Crippen LogP contribution in [-0.4, -0.2) is 73.0 Å². The van der Waals surface area contributed by atoms with E-state index in [-0.39, 0.29) is 0 Å². The van der Waals surface area contributed by atoms with Crippen LogP contribution in [0.25, 0.3) is 0 Å². The molecule has 1 aliphatic rings. The summed E-state index contributed by atoms with van der Waals surface area (Å²) in [5, 5.41) is 16.9. The summed E-state index contributed by atoms with van der Waals surface area (Å²) in [5.74, 6) is 0. The van der Waals surface area contributed by atoms with Crippen molar-refractivity contribution >= 4 is 0 Å². The number of hydrogen-bond acceptors (Lipinski definition) is 4. The minimum Gasteiger partial charge on any atom is -0.396 e. The van der Waals surface area contributed by atoms with E-state index in [0.29, 0.717) is 34.9 Å². The molecule has 1 heterocycles. The van der Waals surface area contributed by atoms with Gasteiger partial charge in [-0.05, 0) is 73.8 Å². The molecule has 0 bridgehead atoms. The Labute approximate surface area is 236 Å². The molecule has 0 radical (unpaired) electrons. The SMILES string of the molecule is CC(C)(C)CCCCO.CC(C)(C)CCCO.CCC(C)(C)C.CN1CCN(CCCC(C)(C)C)CC1. The predicted octanol–water partition coefficient (Wildman–Crippen LogP) is 8.50. The lowest BCUT2D eigenvalue weighted by Gasteiger charge is -2.32. The lowest BCUT2D eigenvalue weighted by molar-refractivity contribution is 0.147. The molecule has 0 atom stereocenters. The average molecular weight is 531 g/mol. The van der Waals surface area contributed by atoms with Crippen molar-refractivity contribution in [2.45, 2.75) is 141 Å². The van der Waals surface area contributed by atoms with Gasteiger partial charge in [0, 0.05) is 39.4 Å². The van der Waals surface area contributed by atoms with Crippen molar-refractivity contribution in [3.8, 4) is 0 Å². The second-order valence-electron chi connectivity index (χ2n) is 15.9. The van der Waals surface area contributed by atoms with Crippen LogP contribution in [0.15, 0.2) is 0 Å². The smallest absolute Gasteiger partial charge is 0.0431 e. The van der Waals surface area contributed by atoms with Gasteiger partial charge in [-0.3, -0.25) is 0 Å². The molecule has 0 aromatic heterocycles. The van der Waals surface area contributed by atoms with Crippen molar-refractivity contribution in [1.29, 1.82) is 0 Å². The van der Waals surface area contributed by atoms with Gasteiger partial charge in [0.15, 0.2) is 0 Å². The van der Waals surface area contributed by atoms with Crippen LogP contribution in [0, 0.1) is 21.7 Å². The zero-order chi connectivity index (χ0) is 29.8. The van der Waals surface area contributed by atoms with Crippen LogP contribution < -0.4 is 0 Å². The normalized spacial score (nSPS) is 15.6. The summed E-state index contributed by atoms with van der Waals surface area (Å²) in [6, 6.07) is 0. The number of rotatable bonds is 8. The fourth-order valence-electron chi connectivity index (χ4n) is 3.28. The van der Waals surface area contributed by atoms with Crippen LogP contribution >= 0.6 is 0 Å². The number of aliphatic hydroxyl groups excluding tert-OH is 2. The van der Waals surface area contributed by atoms with Gasteiger partial charge in [0.2, 0.25) is 0 Å². The third kappa shape index (κ3) is 43.2. The van der Waals surface area contributed by atoms with Crippen molar-refractivity contribution in [3.05, 3.63) is 0 Å². The largest absolute Gasteiger partial charge is 0.396 e. The van der Waals surface area contributed by atoms with E-state index in [4.69, 9.17) is 10.2 Å². The molecule has 0 aliphatic carbocycles. The van der Waals surface area contributed by atoms with Gasteiger partial charge in [0.25, 0.3) is 0 Å². The molecule has 228 valence electrons. The fraction of sp³-hybridized carbons (Fsp3) is 1.00. The third-order valence-corrected chi connectivity index (χ3v) is 6.48. The van der Waals surface area contributed by atoms with Gasteiger partial charge in [0.05, 0.1) is 0 Å². The monoisotopic (exact) mass is 531 g/mol. The summed E-state index contributed by atoms with van der Waals surface area (Å²) in [6.07, 6.45) is 9.34. The van der Waals surface area contributed by atoms with Crippen LogP contribution in [-0.2, 0) is 0 Å². The highest BCUT2D eigenvalue weighted by Gasteiger charge is 2.15. The summed E-state index contributed by atoms with van der Waals surface area (Å²) in [6.45, 7) is 36.1. The van der Waals surface area contributed by atoms with E-state index in [1.807, 2.05) is 0 Å². The van der Waals surface area contributed by atoms with Crippen LogP contribution in [0.3, 0.4) is 0 Å². The maximum Gasteiger partial charge on any atom is 0.0431 e. The lowest BCUT2D eigenvalue weighted by atomic mass is 9.90. The molecule has 0 aromatic carbocycles. The molecular weight excluding hydrogens is 456 g/mol. The molecule has 0 saturated carbocycles. The molecular formula is C33H74N2O2. The quantitative estimate of drug-likeness (QED) is 0.309. The minimum atomic E-state index is 0.331. The Balaban J connectivity index is -0.000000441. The van der Waals surface area contributed by atoms with Crippen LogP contribution in [0.5, 0.6) is 0 Å². The number of piperazine rings is 1. The topological polar surface area (TPSA) is 46.9 Å². The molecule has 4 heteroatoms. The number of likely N-dealkylation sites (N-methyl/N-ethyl adjacent to an activating group) is 1. The average Bonchev–Trinajstić information content (AvgIpc) is 2.72. The fourth-order valence-corrected chi connectivity index (χ4v) is 3.28. The molecule has 1 fully saturated rings. The molecule has 37 heavy (non-hydrogen) atoms. The van der Waals surface area contributed by atoms with E-state index in [9.17, 15) is 0 Å². The zero-order valence-corrected chi connectivity index (χ0v) is 28.4. The zero-order valence-electron chi connectivity index (χ0n) is 28.4. The van der Waals surface area contributed by atoms with Gasteiger partial charge in [-0.25, -0.2) is 0 Å². The second-order valence-corrected chi connectivity index (χ2v) is 15.9. The van der Waals surface area contributed by atoms with Gasteiger partial charge >= 0.3 is 0 Å². The maximum absolute atomic E-state index is 8.46. The standard InChI is InChI=1S/C12H26N2.C8H18O.C7H16O.C6H14/c1-12(2,3)6-5-7-14-10-8-13(4)9-11-14;1-8(2,3)6-4-5-7-9;1-7(2,3)5-4-6-8;1-5-6(2,3)4/h5-11H2,1-4H3;9H,4-7H2,1-3H3;8H,4-6H2,1-3H3;5H2,1-4H3. The third-order valence-electron chi connectivity index (χ3n) is 6.48. The number of hydrogen-bond donors (Lipinski definition) is 2. The van der Waals surface area contributed by atoms with Gasteiger partial charge in [-0.1, -0.05) is 103 Å². The van der Waals surface area contributed by atoms with Crippen molar-refractivity contribution in [2.75, 3.05) is 53.0 Å². The molecule has 0 unspecified atom stereocenters. The maximum atomic E-state index is 8.46. The molecule has 0 amide bonds. The summed E-state index contributed by atoms with van der Waals surface area (Å²) in [5.41, 5.74) is 1.88. The second kappa shape index (κ2) is 21.6. The van der Waals surface area contributed by atoms with Crippen molar-refractivity contribution in [3.63, 3.8) is 0 Å². The number of unbranched alkanes of at least 4 members (excludes halogenated alkanes) is 1. The highest BCUT2D eigenvalue weighted by atomic mass is 16.3. The first-order valence-corrected chi connectivity index (χ1v) is 15.3. The Morgan fingerprint density at radius 2 is 0.865 bits per heavy atom. The highest BCUT2D eigenvalue weighted by molar-refractivity contribution is 4.70. The van der Waals surface area contributed by atoms with E-state index >= 15 is 0 Å². The van der Waals surface area contributed by atoms with Crippen LogP contribution in [0.4, 0.5) is 0 Å². The summed E-state index contributed by atoms with van der Waals surface area (Å²) < 4.78 is 0. The van der Waals surface area contributed by atoms with Crippen molar-refractivity contribution in [1.82, 2.24) is 9.80 Å². The first kappa shape index (κ1) is 41.3. The summed E-state index contributed by atoms with van der Waals surface area (Å²) >= 11 is 0. The van der Waals surface area contributed by atoms with Crippen molar-refractivity contribution in [2.24, 2.45) is 21.7 Å². The Kier molecular flexibility index (Phi) is 24.2. The Morgan fingerprint density at radius 1 is 0.514 bits per heavy atom. The van der Waals surface area contributed by atoms with Gasteiger partial charge < -0.3 is 20.0 Å². The Morgan fingerprint density at radius 3 is 1.16 bits per heavy atom. The van der Waals surface area contributed by atoms with E-state index in [1.165, 1.54) is 58.4 Å². The van der Waals surface area contributed by atoms with E-state index in [2.05, 4.69) is 107 Å². The molecule has 0 spiro atoms. The summed E-state index contributed by atoms with van der Waals surface area (Å²) in [7, 11) is 2.21. The molecule has 0 aromatic rings. The van der Waals surface area contributed by atoms with Crippen molar-refractivity contribution < 1.29 is 10.2 Å². The number of nitrogens with zero attached hydrogens (tertiary/aromatic N) is 2. The molecule has 4 nitrogen and oxygen atoms in total. The number of aliphatic hydroxyl groups is 2. The van der Waals surface area contributed by atoms with Gasteiger partial charge in [-0.2, -0.15) is 0 Å². The molecule has 1 saturated heterocycles. The Hall–Kier alpha value is -0.160.